The zero-order valence-electron chi connectivity index (χ0n) is 14.0. The van der Waals surface area contributed by atoms with Crippen LogP contribution in [0.1, 0.15) is 16.8 Å². The Morgan fingerprint density at radius 2 is 2.04 bits per heavy atom. The number of halogens is 2. The molecule has 8 nitrogen and oxygen atoms in total. The van der Waals surface area contributed by atoms with Crippen molar-refractivity contribution in [1.29, 1.82) is 5.26 Å². The first-order valence-corrected chi connectivity index (χ1v) is 9.14. The van der Waals surface area contributed by atoms with Crippen molar-refractivity contribution >= 4 is 27.5 Å². The molecule has 0 unspecified atom stereocenters. The maximum absolute atomic E-state index is 12.1. The number of rotatable bonds is 3. The first-order chi connectivity index (χ1) is 13.5. The Bertz CT molecular complexity index is 1240. The Morgan fingerprint density at radius 1 is 1.25 bits per heavy atom. The van der Waals surface area contributed by atoms with Crippen LogP contribution in [-0.4, -0.2) is 21.6 Å². The number of nitrogens with one attached hydrogen (secondary N) is 1. The van der Waals surface area contributed by atoms with Crippen molar-refractivity contribution in [3.63, 3.8) is 0 Å². The van der Waals surface area contributed by atoms with Gasteiger partial charge in [0, 0.05) is 15.9 Å². The highest BCUT2D eigenvalue weighted by Crippen LogP contribution is 2.35. The molecule has 0 fully saturated rings. The third-order valence-electron chi connectivity index (χ3n) is 4.12. The minimum Gasteiger partial charge on any atom is -0.454 e. The summed E-state index contributed by atoms with van der Waals surface area (Å²) in [6.07, 6.45) is 0.508. The van der Waals surface area contributed by atoms with Crippen LogP contribution in [0.4, 0.5) is 0 Å². The Kier molecular flexibility index (Phi) is 4.66. The van der Waals surface area contributed by atoms with Gasteiger partial charge in [0.15, 0.2) is 11.5 Å². The number of aromatic amines is 1. The Hall–Kier alpha value is -3.09. The van der Waals surface area contributed by atoms with Gasteiger partial charge in [-0.15, -0.1) is 5.10 Å². The van der Waals surface area contributed by atoms with Gasteiger partial charge in [0.05, 0.1) is 5.69 Å². The molecular weight excluding hydrogens is 452 g/mol. The first kappa shape index (κ1) is 18.3. The van der Waals surface area contributed by atoms with Gasteiger partial charge in [-0.3, -0.25) is 9.78 Å². The lowest BCUT2D eigenvalue weighted by Crippen LogP contribution is -2.33. The fourth-order valence-electron chi connectivity index (χ4n) is 2.78. The highest BCUT2D eigenvalue weighted by molar-refractivity contribution is 9.10. The SMILES string of the molecule is N#Cc1nn(-c2cc(Cl)c(Cc3ccc4c(c3)OCO4)c(Br)c2)c(=O)[nH]c1=O. The molecule has 2 heterocycles. The molecule has 1 aliphatic rings. The fourth-order valence-corrected chi connectivity index (χ4v) is 3.77. The second-order valence-electron chi connectivity index (χ2n) is 5.88. The molecule has 0 spiro atoms. The molecular formula is C18H10BrClN4O4. The second-order valence-corrected chi connectivity index (χ2v) is 7.15. The summed E-state index contributed by atoms with van der Waals surface area (Å²) in [5, 5.41) is 13.1. The van der Waals surface area contributed by atoms with E-state index in [0.717, 1.165) is 15.8 Å². The highest BCUT2D eigenvalue weighted by Gasteiger charge is 2.16. The zero-order valence-corrected chi connectivity index (χ0v) is 16.4. The van der Waals surface area contributed by atoms with E-state index in [4.69, 9.17) is 26.3 Å². The van der Waals surface area contributed by atoms with Crippen molar-refractivity contribution in [3.05, 3.63) is 77.5 Å². The largest absolute Gasteiger partial charge is 0.454 e. The molecule has 10 heteroatoms. The van der Waals surface area contributed by atoms with Crippen LogP contribution >= 0.6 is 27.5 Å². The van der Waals surface area contributed by atoms with Crippen molar-refractivity contribution in [2.24, 2.45) is 0 Å². The average Bonchev–Trinajstić information content (AvgIpc) is 3.12. The van der Waals surface area contributed by atoms with Gasteiger partial charge in [-0.25, -0.2) is 4.79 Å². The molecule has 0 saturated carbocycles. The van der Waals surface area contributed by atoms with E-state index in [1.54, 1.807) is 18.2 Å². The number of ether oxygens (including phenoxy) is 2. The molecule has 1 N–H and O–H groups in total. The summed E-state index contributed by atoms with van der Waals surface area (Å²) in [6, 6.07) is 10.5. The summed E-state index contributed by atoms with van der Waals surface area (Å²) in [7, 11) is 0. The van der Waals surface area contributed by atoms with Gasteiger partial charge in [-0.2, -0.15) is 9.94 Å². The van der Waals surface area contributed by atoms with E-state index < -0.39 is 16.9 Å². The van der Waals surface area contributed by atoms with Crippen LogP contribution in [0, 0.1) is 11.3 Å². The molecule has 1 aromatic heterocycles. The number of fused-ring (bicyclic) bond motifs is 1. The van der Waals surface area contributed by atoms with E-state index in [0.29, 0.717) is 33.1 Å². The summed E-state index contributed by atoms with van der Waals surface area (Å²) >= 11 is 9.91. The number of H-pyrrole nitrogens is 1. The summed E-state index contributed by atoms with van der Waals surface area (Å²) in [5.74, 6) is 1.37. The first-order valence-electron chi connectivity index (χ1n) is 7.97. The third kappa shape index (κ3) is 3.28. The van der Waals surface area contributed by atoms with Crippen molar-refractivity contribution in [3.8, 4) is 23.3 Å². The molecule has 4 rings (SSSR count). The Morgan fingerprint density at radius 3 is 2.79 bits per heavy atom. The Labute approximate surface area is 171 Å². The van der Waals surface area contributed by atoms with Crippen LogP contribution in [0.3, 0.4) is 0 Å². The van der Waals surface area contributed by atoms with Crippen molar-refractivity contribution in [1.82, 2.24) is 14.8 Å². The van der Waals surface area contributed by atoms with Gasteiger partial charge in [-0.05, 0) is 35.4 Å². The predicted molar refractivity (Wildman–Crippen MR) is 103 cm³/mol. The number of nitrogens with zero attached hydrogens (tertiary/aromatic N) is 3. The average molecular weight is 462 g/mol. The summed E-state index contributed by atoms with van der Waals surface area (Å²) in [4.78, 5) is 25.6. The molecule has 0 amide bonds. The van der Waals surface area contributed by atoms with Gasteiger partial charge < -0.3 is 9.47 Å². The lowest BCUT2D eigenvalue weighted by Gasteiger charge is -2.11. The van der Waals surface area contributed by atoms with Crippen LogP contribution in [0.15, 0.2) is 44.4 Å². The monoisotopic (exact) mass is 460 g/mol. The van der Waals surface area contributed by atoms with E-state index in [-0.39, 0.29) is 6.79 Å². The zero-order chi connectivity index (χ0) is 19.8. The summed E-state index contributed by atoms with van der Waals surface area (Å²) in [6.45, 7) is 0.198. The van der Waals surface area contributed by atoms with Crippen molar-refractivity contribution in [2.45, 2.75) is 6.42 Å². The maximum Gasteiger partial charge on any atom is 0.349 e. The van der Waals surface area contributed by atoms with Gasteiger partial charge in [-0.1, -0.05) is 33.6 Å². The van der Waals surface area contributed by atoms with E-state index >= 15 is 0 Å². The van der Waals surface area contributed by atoms with E-state index in [1.807, 2.05) is 18.2 Å². The van der Waals surface area contributed by atoms with Gasteiger partial charge in [0.2, 0.25) is 12.5 Å². The van der Waals surface area contributed by atoms with Crippen molar-refractivity contribution < 1.29 is 9.47 Å². The number of hydrogen-bond acceptors (Lipinski definition) is 6. The molecule has 2 aromatic carbocycles. The van der Waals surface area contributed by atoms with E-state index in [1.165, 1.54) is 0 Å². The maximum atomic E-state index is 12.1. The lowest BCUT2D eigenvalue weighted by molar-refractivity contribution is 0.174. The fraction of sp³-hybridized carbons (Fsp3) is 0.111. The smallest absolute Gasteiger partial charge is 0.349 e. The number of hydrogen-bond donors (Lipinski definition) is 1. The summed E-state index contributed by atoms with van der Waals surface area (Å²) < 4.78 is 12.3. The molecule has 0 atom stereocenters. The normalized spacial score (nSPS) is 12.0. The minimum absolute atomic E-state index is 0.198. The topological polar surface area (TPSA) is 110 Å². The molecule has 0 aliphatic carbocycles. The quantitative estimate of drug-likeness (QED) is 0.642. The molecule has 28 heavy (non-hydrogen) atoms. The minimum atomic E-state index is -0.839. The molecule has 1 aliphatic heterocycles. The molecule has 140 valence electrons. The number of benzene rings is 2. The highest BCUT2D eigenvalue weighted by atomic mass is 79.9. The van der Waals surface area contributed by atoms with Crippen LogP contribution in [-0.2, 0) is 6.42 Å². The molecule has 0 radical (unpaired) electrons. The van der Waals surface area contributed by atoms with Crippen LogP contribution < -0.4 is 20.7 Å². The number of nitriles is 1. The van der Waals surface area contributed by atoms with Crippen LogP contribution in [0.2, 0.25) is 5.02 Å². The summed E-state index contributed by atoms with van der Waals surface area (Å²) in [5.41, 5.74) is 0.0390. The third-order valence-corrected chi connectivity index (χ3v) is 5.17. The molecule has 0 saturated heterocycles. The molecule has 3 aromatic rings. The Balaban J connectivity index is 1.73. The number of aromatic nitrogens is 3. The van der Waals surface area contributed by atoms with Gasteiger partial charge >= 0.3 is 5.69 Å². The predicted octanol–water partition coefficient (Wildman–Crippen LogP) is 2.53. The standard InChI is InChI=1S/C18H10BrClN4O4/c19-12-5-10(24-18(26)22-17(25)14(7-21)23-24)6-13(20)11(12)3-9-1-2-15-16(4-9)28-8-27-15/h1-2,4-6H,3,8H2,(H,22,25,26). The van der Waals surface area contributed by atoms with E-state index in [9.17, 15) is 9.59 Å². The lowest BCUT2D eigenvalue weighted by atomic mass is 10.0. The van der Waals surface area contributed by atoms with Crippen molar-refractivity contribution in [2.75, 3.05) is 6.79 Å². The van der Waals surface area contributed by atoms with Crippen LogP contribution in [0.25, 0.3) is 5.69 Å². The molecule has 0 bridgehead atoms. The van der Waals surface area contributed by atoms with Gasteiger partial charge in [0.1, 0.15) is 6.07 Å². The van der Waals surface area contributed by atoms with Gasteiger partial charge in [0.25, 0.3) is 5.56 Å². The second kappa shape index (κ2) is 7.14. The van der Waals surface area contributed by atoms with E-state index in [2.05, 4.69) is 26.0 Å². The van der Waals surface area contributed by atoms with Crippen LogP contribution in [0.5, 0.6) is 11.5 Å².